The summed E-state index contributed by atoms with van der Waals surface area (Å²) < 4.78 is 7.90. The Hall–Kier alpha value is -6.74. The number of aromatic amines is 2. The zero-order valence-electron chi connectivity index (χ0n) is 26.8. The molecule has 0 bridgehead atoms. The normalized spacial score (nSPS) is 16.2. The highest BCUT2D eigenvalue weighted by Crippen LogP contribution is 2.53. The Morgan fingerprint density at radius 1 is 0.660 bits per heavy atom. The molecule has 9 aromatic rings. The van der Waals surface area contributed by atoms with Crippen LogP contribution in [0.15, 0.2) is 137 Å². The molecule has 5 aromatic carbocycles. The van der Waals surface area contributed by atoms with Crippen molar-refractivity contribution in [3.63, 3.8) is 0 Å². The molecule has 1 aliphatic heterocycles. The molecule has 0 radical (unpaired) electrons. The van der Waals surface area contributed by atoms with Crippen LogP contribution < -0.4 is 10.5 Å². The zero-order valence-corrected chi connectivity index (χ0v) is 26.8. The van der Waals surface area contributed by atoms with Gasteiger partial charge >= 0.3 is 12.0 Å². The molecule has 1 aliphatic rings. The van der Waals surface area contributed by atoms with E-state index in [1.54, 1.807) is 11.0 Å². The number of pyridine rings is 1. The Kier molecular flexibility index (Phi) is 6.02. The van der Waals surface area contributed by atoms with E-state index in [1.165, 1.54) is 4.57 Å². The number of fused-ring (bicyclic) bond motifs is 6. The number of nitrogens with zero attached hydrogens (tertiary/aromatic N) is 4. The number of β-lactam (4-membered cyclic amide) rings is 1. The monoisotopic (exact) mass is 652 g/mol. The summed E-state index contributed by atoms with van der Waals surface area (Å²) in [7, 11) is 0. The number of aromatic nitrogens is 5. The number of hydrogen-bond donors (Lipinski definition) is 2. The second kappa shape index (κ2) is 10.6. The lowest BCUT2D eigenvalue weighted by molar-refractivity contribution is -0.126. The summed E-state index contributed by atoms with van der Waals surface area (Å²) in [6.07, 6.45) is 0. The van der Waals surface area contributed by atoms with Gasteiger partial charge in [-0.25, -0.2) is 4.57 Å². The van der Waals surface area contributed by atoms with Crippen molar-refractivity contribution in [2.75, 3.05) is 4.90 Å². The van der Waals surface area contributed by atoms with E-state index in [1.807, 2.05) is 110 Å². The van der Waals surface area contributed by atoms with Crippen LogP contribution in [0.25, 0.3) is 60.9 Å². The number of benzene rings is 5. The fraction of sp³-hybridized carbons (Fsp3) is 0.0732. The highest BCUT2D eigenvalue weighted by molar-refractivity contribution is 6.15. The van der Waals surface area contributed by atoms with Gasteiger partial charge in [0.15, 0.2) is 0 Å². The summed E-state index contributed by atoms with van der Waals surface area (Å²) in [5.74, 6) is -0.667. The fourth-order valence-electron chi connectivity index (χ4n) is 7.69. The molecule has 10 rings (SSSR count). The van der Waals surface area contributed by atoms with Crippen molar-refractivity contribution in [1.29, 1.82) is 0 Å². The molecule has 240 valence electrons. The molecule has 0 aliphatic carbocycles. The minimum absolute atomic E-state index is 0.0138. The maximum Gasteiger partial charge on any atom is 0.331 e. The lowest BCUT2D eigenvalue weighted by Crippen LogP contribution is -2.54. The van der Waals surface area contributed by atoms with Crippen molar-refractivity contribution >= 4 is 55.5 Å². The third-order valence-electron chi connectivity index (χ3n) is 9.94. The predicted molar refractivity (Wildman–Crippen MR) is 195 cm³/mol. The largest absolute Gasteiger partial charge is 0.388 e. The lowest BCUT2D eigenvalue weighted by atomic mass is 9.76. The van der Waals surface area contributed by atoms with Crippen LogP contribution >= 0.6 is 0 Å². The van der Waals surface area contributed by atoms with E-state index in [4.69, 9.17) is 4.42 Å². The Labute approximate surface area is 284 Å². The number of carbonyl (C=O) groups excluding carboxylic acids is 1. The Morgan fingerprint density at radius 2 is 1.32 bits per heavy atom. The van der Waals surface area contributed by atoms with Gasteiger partial charge in [-0.3, -0.25) is 14.5 Å². The van der Waals surface area contributed by atoms with Crippen LogP contribution in [-0.2, 0) is 4.79 Å². The second-order valence-electron chi connectivity index (χ2n) is 12.8. The van der Waals surface area contributed by atoms with E-state index in [2.05, 4.69) is 38.4 Å². The number of rotatable bonds is 5. The van der Waals surface area contributed by atoms with Gasteiger partial charge in [0.25, 0.3) is 5.56 Å². The number of H-pyrrole nitrogens is 2. The van der Waals surface area contributed by atoms with Gasteiger partial charge in [0.05, 0.1) is 28.7 Å². The number of amides is 1. The zero-order chi connectivity index (χ0) is 33.5. The van der Waals surface area contributed by atoms with Gasteiger partial charge in [0.2, 0.25) is 5.91 Å². The molecule has 50 heavy (non-hydrogen) atoms. The minimum atomic E-state index is -0.500. The molecule has 9 nitrogen and oxygen atoms in total. The summed E-state index contributed by atoms with van der Waals surface area (Å²) in [4.78, 5) is 37.3. The van der Waals surface area contributed by atoms with Gasteiger partial charge < -0.3 is 14.4 Å². The van der Waals surface area contributed by atoms with Gasteiger partial charge in [-0.1, -0.05) is 119 Å². The first-order valence-corrected chi connectivity index (χ1v) is 16.5. The van der Waals surface area contributed by atoms with E-state index < -0.39 is 12.0 Å². The van der Waals surface area contributed by atoms with Crippen LogP contribution in [0.4, 0.5) is 6.01 Å². The SMILES string of the molecule is Cc1ccc2[nH]c3c4ccccc4c(=O)n(-c4nnc(N5C(=O)C(c6ccccc6)C5c5c(-c6ccccc6)[nH]c6ccccc56)o4)c3c2c1. The molecule has 9 heteroatoms. The Morgan fingerprint density at radius 3 is 2.12 bits per heavy atom. The molecule has 1 amide bonds. The summed E-state index contributed by atoms with van der Waals surface area (Å²) in [6.45, 7) is 2.01. The average Bonchev–Trinajstić information content (AvgIpc) is 3.88. The number of aryl methyl sites for hydroxylation is 1. The third-order valence-corrected chi connectivity index (χ3v) is 9.94. The first kappa shape index (κ1) is 28.3. The highest BCUT2D eigenvalue weighted by Gasteiger charge is 2.53. The van der Waals surface area contributed by atoms with Crippen LogP contribution in [-0.4, -0.2) is 30.6 Å². The van der Waals surface area contributed by atoms with Gasteiger partial charge in [-0.2, -0.15) is 0 Å². The topological polar surface area (TPSA) is 113 Å². The molecule has 0 saturated carbocycles. The molecular formula is C41H28N6O3. The minimum Gasteiger partial charge on any atom is -0.388 e. The van der Waals surface area contributed by atoms with E-state index >= 15 is 0 Å². The molecule has 5 heterocycles. The quantitative estimate of drug-likeness (QED) is 0.182. The standard InChI is InChI=1S/C41H28N6O3/c1-23-20-21-31-29(22-23)36-35(43-31)26-16-8-9-17-27(26)38(48)46(36)40-44-45-41(50-40)47-37(32(39(47)49)24-12-4-2-5-13-24)33-28-18-10-11-19-30(28)42-34(33)25-14-6-3-7-15-25/h2-22,32,37,42-43H,1H3. The van der Waals surface area contributed by atoms with Crippen molar-refractivity contribution in [3.05, 3.63) is 154 Å². The van der Waals surface area contributed by atoms with Crippen molar-refractivity contribution in [1.82, 2.24) is 24.7 Å². The maximum atomic E-state index is 14.3. The van der Waals surface area contributed by atoms with Crippen molar-refractivity contribution < 1.29 is 9.21 Å². The summed E-state index contributed by atoms with van der Waals surface area (Å²) >= 11 is 0. The van der Waals surface area contributed by atoms with Crippen molar-refractivity contribution in [2.24, 2.45) is 0 Å². The maximum absolute atomic E-state index is 14.3. The first-order valence-electron chi connectivity index (χ1n) is 16.5. The molecule has 4 aromatic heterocycles. The van der Waals surface area contributed by atoms with Gasteiger partial charge in [-0.05, 0) is 42.3 Å². The smallest absolute Gasteiger partial charge is 0.331 e. The first-order chi connectivity index (χ1) is 24.6. The molecule has 2 N–H and O–H groups in total. The van der Waals surface area contributed by atoms with Gasteiger partial charge in [-0.15, -0.1) is 0 Å². The number of anilines is 1. The van der Waals surface area contributed by atoms with Crippen LogP contribution in [0, 0.1) is 6.92 Å². The van der Waals surface area contributed by atoms with E-state index in [0.717, 1.165) is 60.7 Å². The Bertz CT molecular complexity index is 2850. The molecule has 1 fully saturated rings. The second-order valence-corrected chi connectivity index (χ2v) is 12.8. The van der Waals surface area contributed by atoms with Crippen LogP contribution in [0.1, 0.15) is 28.7 Å². The molecule has 2 atom stereocenters. The van der Waals surface area contributed by atoms with E-state index in [0.29, 0.717) is 10.9 Å². The number of para-hydroxylation sites is 1. The van der Waals surface area contributed by atoms with E-state index in [9.17, 15) is 9.59 Å². The van der Waals surface area contributed by atoms with Crippen LogP contribution in [0.3, 0.4) is 0 Å². The average molecular weight is 653 g/mol. The molecule has 2 unspecified atom stereocenters. The fourth-order valence-corrected chi connectivity index (χ4v) is 7.69. The van der Waals surface area contributed by atoms with E-state index in [-0.39, 0.29) is 23.5 Å². The predicted octanol–water partition coefficient (Wildman–Crippen LogP) is 8.34. The van der Waals surface area contributed by atoms with Crippen LogP contribution in [0.2, 0.25) is 0 Å². The number of hydrogen-bond acceptors (Lipinski definition) is 5. The number of carbonyl (C=O) groups is 1. The summed E-state index contributed by atoms with van der Waals surface area (Å²) in [5, 5.41) is 12.1. The summed E-state index contributed by atoms with van der Waals surface area (Å²) in [5.41, 5.74) is 7.78. The molecule has 1 saturated heterocycles. The van der Waals surface area contributed by atoms with Crippen molar-refractivity contribution in [3.8, 4) is 17.3 Å². The van der Waals surface area contributed by atoms with Gasteiger partial charge in [0.1, 0.15) is 0 Å². The molecule has 0 spiro atoms. The van der Waals surface area contributed by atoms with Crippen LogP contribution in [0.5, 0.6) is 0 Å². The summed E-state index contributed by atoms with van der Waals surface area (Å²) in [6, 6.07) is 41.1. The highest BCUT2D eigenvalue weighted by atomic mass is 16.4. The lowest BCUT2D eigenvalue weighted by Gasteiger charge is -2.45. The third kappa shape index (κ3) is 4.00. The number of nitrogens with one attached hydrogen (secondary N) is 2. The Balaban J connectivity index is 1.19. The van der Waals surface area contributed by atoms with Gasteiger partial charge in [0, 0.05) is 38.1 Å². The van der Waals surface area contributed by atoms with Crippen molar-refractivity contribution in [2.45, 2.75) is 18.9 Å². The molecular weight excluding hydrogens is 624 g/mol.